The van der Waals surface area contributed by atoms with Crippen molar-refractivity contribution in [1.82, 2.24) is 31.5 Å². The van der Waals surface area contributed by atoms with Crippen molar-refractivity contribution in [1.29, 1.82) is 0 Å². The monoisotopic (exact) mass is 667 g/mol. The Hall–Kier alpha value is -5.02. The summed E-state index contributed by atoms with van der Waals surface area (Å²) >= 11 is 0. The normalized spacial score (nSPS) is 15.4. The molecule has 3 atom stereocenters. The van der Waals surface area contributed by atoms with Crippen molar-refractivity contribution < 1.29 is 37.9 Å². The number of piperidine rings is 1. The highest BCUT2D eigenvalue weighted by atomic mass is 16.5. The number of rotatable bonds is 20. The minimum atomic E-state index is -1.07. The lowest BCUT2D eigenvalue weighted by molar-refractivity contribution is -0.133. The summed E-state index contributed by atoms with van der Waals surface area (Å²) < 4.78 is 10.7. The molecular formula is C33H45N7O8. The first kappa shape index (κ1) is 37.4. The van der Waals surface area contributed by atoms with Gasteiger partial charge in [-0.2, -0.15) is 0 Å². The summed E-state index contributed by atoms with van der Waals surface area (Å²) in [5.41, 5.74) is 6.64. The van der Waals surface area contributed by atoms with Crippen LogP contribution in [0.25, 0.3) is 0 Å². The SMILES string of the molecule is C=CC(=O)NC[C@H](NC(=O)Cc1ccccc1CNC(=O)[C@H](Cc1ccco1)NC(=O)[C@@H]1CCCN(C=O)C1)C(=O)NCCOCCN. The van der Waals surface area contributed by atoms with E-state index in [1.807, 2.05) is 0 Å². The minimum Gasteiger partial charge on any atom is -0.469 e. The van der Waals surface area contributed by atoms with Crippen LogP contribution < -0.4 is 32.3 Å². The first-order valence-corrected chi connectivity index (χ1v) is 15.9. The predicted molar refractivity (Wildman–Crippen MR) is 175 cm³/mol. The van der Waals surface area contributed by atoms with E-state index in [4.69, 9.17) is 14.9 Å². The number of nitrogens with zero attached hydrogens (tertiary/aromatic N) is 1. The minimum absolute atomic E-state index is 0.0528. The Bertz CT molecular complexity index is 1380. The zero-order chi connectivity index (χ0) is 34.7. The lowest BCUT2D eigenvalue weighted by atomic mass is 9.97. The molecule has 0 radical (unpaired) electrons. The van der Waals surface area contributed by atoms with E-state index in [0.717, 1.165) is 12.5 Å². The summed E-state index contributed by atoms with van der Waals surface area (Å²) in [6.07, 6.45) is 4.56. The molecule has 48 heavy (non-hydrogen) atoms. The number of hydrogen-bond acceptors (Lipinski definition) is 9. The number of nitrogens with two attached hydrogens (primary N) is 1. The fourth-order valence-corrected chi connectivity index (χ4v) is 5.11. The topological polar surface area (TPSA) is 214 Å². The van der Waals surface area contributed by atoms with Gasteiger partial charge in [0, 0.05) is 45.7 Å². The van der Waals surface area contributed by atoms with Crippen LogP contribution in [-0.2, 0) is 52.9 Å². The maximum absolute atomic E-state index is 13.4. The van der Waals surface area contributed by atoms with E-state index in [1.54, 1.807) is 41.3 Å². The number of benzene rings is 1. The molecule has 1 aromatic carbocycles. The Kier molecular flexibility index (Phi) is 15.8. The fraction of sp³-hybridized carbons (Fsp3) is 0.455. The second-order valence-corrected chi connectivity index (χ2v) is 11.2. The average Bonchev–Trinajstić information content (AvgIpc) is 3.62. The highest BCUT2D eigenvalue weighted by Gasteiger charge is 2.30. The van der Waals surface area contributed by atoms with Crippen molar-refractivity contribution in [3.8, 4) is 0 Å². The molecule has 1 fully saturated rings. The molecule has 1 saturated heterocycles. The highest BCUT2D eigenvalue weighted by Crippen LogP contribution is 2.16. The molecule has 0 saturated carbocycles. The van der Waals surface area contributed by atoms with Crippen LogP contribution in [0, 0.1) is 5.92 Å². The van der Waals surface area contributed by atoms with E-state index >= 15 is 0 Å². The van der Waals surface area contributed by atoms with Crippen molar-refractivity contribution in [3.05, 3.63) is 72.2 Å². The van der Waals surface area contributed by atoms with Crippen LogP contribution in [0.1, 0.15) is 29.7 Å². The first-order chi connectivity index (χ1) is 23.2. The number of furan rings is 1. The molecule has 6 amide bonds. The summed E-state index contributed by atoms with van der Waals surface area (Å²) in [5, 5.41) is 13.5. The van der Waals surface area contributed by atoms with Gasteiger partial charge in [-0.05, 0) is 42.2 Å². The van der Waals surface area contributed by atoms with Crippen LogP contribution in [0.3, 0.4) is 0 Å². The van der Waals surface area contributed by atoms with Gasteiger partial charge in [0.1, 0.15) is 17.8 Å². The number of carbonyl (C=O) groups excluding carboxylic acids is 6. The van der Waals surface area contributed by atoms with Crippen LogP contribution in [0.15, 0.2) is 59.7 Å². The summed E-state index contributed by atoms with van der Waals surface area (Å²) in [6, 6.07) is 8.38. The lowest BCUT2D eigenvalue weighted by Gasteiger charge is -2.30. The fourth-order valence-electron chi connectivity index (χ4n) is 5.11. The third-order valence-electron chi connectivity index (χ3n) is 7.64. The van der Waals surface area contributed by atoms with E-state index in [-0.39, 0.29) is 51.5 Å². The first-order valence-electron chi connectivity index (χ1n) is 15.9. The van der Waals surface area contributed by atoms with Crippen molar-refractivity contribution in [2.24, 2.45) is 11.7 Å². The number of ether oxygens (including phenoxy) is 1. The van der Waals surface area contributed by atoms with E-state index in [1.165, 1.54) is 6.26 Å². The van der Waals surface area contributed by atoms with Crippen LogP contribution in [0.2, 0.25) is 0 Å². The Morgan fingerprint density at radius 2 is 1.77 bits per heavy atom. The van der Waals surface area contributed by atoms with Gasteiger partial charge < -0.3 is 46.4 Å². The maximum atomic E-state index is 13.4. The molecule has 2 aromatic rings. The number of amides is 6. The lowest BCUT2D eigenvalue weighted by Crippen LogP contribution is -2.53. The van der Waals surface area contributed by atoms with Gasteiger partial charge in [0.15, 0.2) is 0 Å². The zero-order valence-electron chi connectivity index (χ0n) is 26.9. The molecule has 2 heterocycles. The molecule has 0 unspecified atom stereocenters. The van der Waals surface area contributed by atoms with E-state index in [2.05, 4.69) is 33.2 Å². The van der Waals surface area contributed by atoms with E-state index in [0.29, 0.717) is 49.4 Å². The second-order valence-electron chi connectivity index (χ2n) is 11.2. The quantitative estimate of drug-likeness (QED) is 0.0574. The van der Waals surface area contributed by atoms with E-state index in [9.17, 15) is 28.8 Å². The second kappa shape index (κ2) is 20.3. The molecule has 0 spiro atoms. The van der Waals surface area contributed by atoms with Crippen LogP contribution in [0.4, 0.5) is 0 Å². The number of carbonyl (C=O) groups is 6. The summed E-state index contributed by atoms with van der Waals surface area (Å²) in [6.45, 7) is 5.25. The largest absolute Gasteiger partial charge is 0.469 e. The zero-order valence-corrected chi connectivity index (χ0v) is 26.9. The van der Waals surface area contributed by atoms with Crippen LogP contribution in [0.5, 0.6) is 0 Å². The molecule has 15 nitrogen and oxygen atoms in total. The van der Waals surface area contributed by atoms with Crippen LogP contribution >= 0.6 is 0 Å². The summed E-state index contributed by atoms with van der Waals surface area (Å²) in [5.74, 6) is -2.20. The van der Waals surface area contributed by atoms with Gasteiger partial charge in [-0.1, -0.05) is 30.8 Å². The van der Waals surface area contributed by atoms with Gasteiger partial charge in [-0.15, -0.1) is 0 Å². The highest BCUT2D eigenvalue weighted by molar-refractivity contribution is 5.91. The molecule has 260 valence electrons. The molecular weight excluding hydrogens is 622 g/mol. The molecule has 1 aliphatic rings. The molecule has 0 aliphatic carbocycles. The number of likely N-dealkylation sites (tertiary alicyclic amines) is 1. The van der Waals surface area contributed by atoms with Crippen molar-refractivity contribution >= 4 is 35.9 Å². The van der Waals surface area contributed by atoms with Gasteiger partial charge in [0.2, 0.25) is 35.9 Å². The molecule has 3 rings (SSSR count). The third kappa shape index (κ3) is 12.6. The van der Waals surface area contributed by atoms with E-state index < -0.39 is 41.6 Å². The molecule has 1 aromatic heterocycles. The average molecular weight is 668 g/mol. The maximum Gasteiger partial charge on any atom is 0.244 e. The van der Waals surface area contributed by atoms with Crippen molar-refractivity contribution in [2.75, 3.05) is 45.9 Å². The van der Waals surface area contributed by atoms with Gasteiger partial charge >= 0.3 is 0 Å². The van der Waals surface area contributed by atoms with Gasteiger partial charge in [0.05, 0.1) is 31.8 Å². The van der Waals surface area contributed by atoms with Gasteiger partial charge in [-0.3, -0.25) is 28.8 Å². The van der Waals surface area contributed by atoms with Gasteiger partial charge in [-0.25, -0.2) is 0 Å². The Morgan fingerprint density at radius 3 is 2.48 bits per heavy atom. The third-order valence-corrected chi connectivity index (χ3v) is 7.64. The Labute approximate surface area is 279 Å². The molecule has 7 N–H and O–H groups in total. The smallest absolute Gasteiger partial charge is 0.244 e. The molecule has 1 aliphatic heterocycles. The van der Waals surface area contributed by atoms with Crippen molar-refractivity contribution in [3.63, 3.8) is 0 Å². The molecule has 15 heteroatoms. The van der Waals surface area contributed by atoms with Crippen LogP contribution in [-0.4, -0.2) is 98.9 Å². The summed E-state index contributed by atoms with van der Waals surface area (Å²) in [7, 11) is 0. The number of nitrogens with one attached hydrogen (secondary N) is 5. The Morgan fingerprint density at radius 1 is 1.00 bits per heavy atom. The molecule has 0 bridgehead atoms. The van der Waals surface area contributed by atoms with Gasteiger partial charge in [0.25, 0.3) is 0 Å². The van der Waals surface area contributed by atoms with Crippen molar-refractivity contribution in [2.45, 2.75) is 44.3 Å². The number of hydrogen-bond donors (Lipinski definition) is 6. The summed E-state index contributed by atoms with van der Waals surface area (Å²) in [4.78, 5) is 77.0. The Balaban J connectivity index is 1.63. The standard InChI is InChI=1S/C33H45N7O8/c1-2-29(42)36-20-28(33(46)35-12-16-47-15-11-34)38-30(43)17-23-7-3-4-8-24(23)19-37-32(45)27(18-26-10-6-14-48-26)39-31(44)25-9-5-13-40(21-25)22-41/h2-4,6-8,10,14,22,25,27-28H,1,5,9,11-13,15-21,34H2,(H,35,46)(H,36,42)(H,37,45)(H,38,43)(H,39,44)/t25-,27+,28+/m1/s1. The predicted octanol–water partition coefficient (Wildman–Crippen LogP) is -1.09.